The molecule has 0 spiro atoms. The van der Waals surface area contributed by atoms with Gasteiger partial charge in [-0.15, -0.1) is 0 Å². The molecular weight excluding hydrogens is 418 g/mol. The molecule has 1 aromatic heterocycles. The first-order valence-electron chi connectivity index (χ1n) is 9.63. The average Bonchev–Trinajstić information content (AvgIpc) is 3.27. The van der Waals surface area contributed by atoms with Crippen LogP contribution in [-0.2, 0) is 0 Å². The molecule has 2 aliphatic heterocycles. The number of aliphatic imine (C=N–C) groups is 1. The van der Waals surface area contributed by atoms with Crippen LogP contribution >= 0.6 is 35.1 Å². The molecule has 0 unspecified atom stereocenters. The lowest BCUT2D eigenvalue weighted by Crippen LogP contribution is -2.28. The van der Waals surface area contributed by atoms with Gasteiger partial charge in [-0.1, -0.05) is 60.2 Å². The Morgan fingerprint density at radius 3 is 2.41 bits per heavy atom. The van der Waals surface area contributed by atoms with Gasteiger partial charge < -0.3 is 4.90 Å². The molecule has 0 amide bonds. The van der Waals surface area contributed by atoms with Crippen molar-refractivity contribution in [2.24, 2.45) is 4.99 Å². The molecule has 3 atom stereocenters. The lowest BCUT2D eigenvalue weighted by molar-refractivity contribution is 0.321. The van der Waals surface area contributed by atoms with Crippen molar-refractivity contribution in [3.05, 3.63) is 89.2 Å². The predicted molar refractivity (Wildman–Crippen MR) is 123 cm³/mol. The van der Waals surface area contributed by atoms with Crippen LogP contribution in [0.4, 0.5) is 0 Å². The molecule has 5 rings (SSSR count). The third-order valence-electron chi connectivity index (χ3n) is 5.15. The monoisotopic (exact) mass is 437 g/mol. The number of benzene rings is 2. The minimum absolute atomic E-state index is 0.0426. The number of pyridine rings is 1. The van der Waals surface area contributed by atoms with Crippen LogP contribution in [0.25, 0.3) is 0 Å². The van der Waals surface area contributed by atoms with E-state index < -0.39 is 0 Å². The number of nitrogens with zero attached hydrogens (tertiary/aromatic N) is 3. The van der Waals surface area contributed by atoms with Crippen molar-refractivity contribution in [1.29, 1.82) is 0 Å². The predicted octanol–water partition coefficient (Wildman–Crippen LogP) is 6.48. The summed E-state index contributed by atoms with van der Waals surface area (Å²) >= 11 is 9.61. The quantitative estimate of drug-likeness (QED) is 0.467. The van der Waals surface area contributed by atoms with Crippen molar-refractivity contribution in [2.45, 2.75) is 34.0 Å². The zero-order valence-electron chi connectivity index (χ0n) is 15.9. The normalized spacial score (nSPS) is 23.2. The maximum Gasteiger partial charge on any atom is 0.160 e. The first-order chi connectivity index (χ1) is 14.2. The minimum Gasteiger partial charge on any atom is -0.341 e. The molecule has 3 heterocycles. The summed E-state index contributed by atoms with van der Waals surface area (Å²) in [4.78, 5) is 14.5. The van der Waals surface area contributed by atoms with Crippen LogP contribution in [-0.4, -0.2) is 26.8 Å². The molecule has 146 valence electrons. The summed E-state index contributed by atoms with van der Waals surface area (Å²) in [7, 11) is 0. The Bertz CT molecular complexity index is 1020. The highest BCUT2D eigenvalue weighted by molar-refractivity contribution is 8.14. The Morgan fingerprint density at radius 2 is 1.72 bits per heavy atom. The summed E-state index contributed by atoms with van der Waals surface area (Å²) in [6, 6.07) is 23.2. The Morgan fingerprint density at radius 1 is 1.00 bits per heavy atom. The zero-order valence-corrected chi connectivity index (χ0v) is 18.3. The summed E-state index contributed by atoms with van der Waals surface area (Å²) in [6.45, 7) is 3.29. The van der Waals surface area contributed by atoms with Crippen LogP contribution in [0.3, 0.4) is 0 Å². The molecule has 1 saturated heterocycles. The second-order valence-electron chi connectivity index (χ2n) is 7.26. The van der Waals surface area contributed by atoms with Gasteiger partial charge in [-0.25, -0.2) is 0 Å². The van der Waals surface area contributed by atoms with E-state index in [-0.39, 0.29) is 12.1 Å². The molecule has 29 heavy (non-hydrogen) atoms. The fraction of sp³-hybridized carbons (Fsp3) is 0.217. The maximum absolute atomic E-state index is 6.00. The van der Waals surface area contributed by atoms with E-state index in [0.29, 0.717) is 5.25 Å². The van der Waals surface area contributed by atoms with E-state index in [2.05, 4.69) is 59.3 Å². The Kier molecular flexibility index (Phi) is 5.29. The van der Waals surface area contributed by atoms with Crippen LogP contribution in [0, 0.1) is 0 Å². The van der Waals surface area contributed by atoms with E-state index >= 15 is 0 Å². The molecular formula is C23H20ClN3S2. The van der Waals surface area contributed by atoms with Gasteiger partial charge in [0.15, 0.2) is 5.17 Å². The van der Waals surface area contributed by atoms with Gasteiger partial charge in [0.05, 0.1) is 11.7 Å². The number of halogens is 1. The van der Waals surface area contributed by atoms with Crippen molar-refractivity contribution >= 4 is 40.3 Å². The van der Waals surface area contributed by atoms with Crippen molar-refractivity contribution in [1.82, 2.24) is 9.88 Å². The first-order valence-corrected chi connectivity index (χ1v) is 11.7. The van der Waals surface area contributed by atoms with Crippen molar-refractivity contribution < 1.29 is 0 Å². The van der Waals surface area contributed by atoms with Gasteiger partial charge in [-0.3, -0.25) is 9.98 Å². The van der Waals surface area contributed by atoms with Crippen LogP contribution in [0.5, 0.6) is 0 Å². The number of aromatic nitrogens is 1. The van der Waals surface area contributed by atoms with Crippen LogP contribution in [0.1, 0.15) is 30.3 Å². The highest BCUT2D eigenvalue weighted by Gasteiger charge is 2.43. The lowest BCUT2D eigenvalue weighted by atomic mass is 9.96. The smallest absolute Gasteiger partial charge is 0.160 e. The molecule has 0 bridgehead atoms. The second-order valence-corrected chi connectivity index (χ2v) is 10.3. The fourth-order valence-electron chi connectivity index (χ4n) is 3.85. The third-order valence-corrected chi connectivity index (χ3v) is 7.52. The van der Waals surface area contributed by atoms with Crippen LogP contribution < -0.4 is 0 Å². The molecule has 3 aromatic rings. The van der Waals surface area contributed by atoms with E-state index in [1.165, 1.54) is 15.4 Å². The van der Waals surface area contributed by atoms with E-state index in [1.54, 1.807) is 11.8 Å². The SMILES string of the molecule is C[C@@H]1CN2C(=N[C@@H](c3ccccn3)[C@@H]2c2ccc(Sc3ccc(Cl)cc3)cc2)S1. The van der Waals surface area contributed by atoms with E-state index in [4.69, 9.17) is 16.6 Å². The van der Waals surface area contributed by atoms with Crippen molar-refractivity contribution in [3.8, 4) is 0 Å². The summed E-state index contributed by atoms with van der Waals surface area (Å²) in [6.07, 6.45) is 1.86. The molecule has 1 fully saturated rings. The largest absolute Gasteiger partial charge is 0.341 e. The number of fused-ring (bicyclic) bond motifs is 1. The Labute approximate surface area is 184 Å². The number of rotatable bonds is 4. The van der Waals surface area contributed by atoms with Gasteiger partial charge >= 0.3 is 0 Å². The highest BCUT2D eigenvalue weighted by atomic mass is 35.5. The zero-order chi connectivity index (χ0) is 19.8. The van der Waals surface area contributed by atoms with Gasteiger partial charge in [-0.05, 0) is 54.1 Å². The second kappa shape index (κ2) is 8.05. The lowest BCUT2D eigenvalue weighted by Gasteiger charge is -2.27. The molecule has 0 aliphatic carbocycles. The first kappa shape index (κ1) is 19.0. The van der Waals surface area contributed by atoms with E-state index in [9.17, 15) is 0 Å². The van der Waals surface area contributed by atoms with E-state index in [0.717, 1.165) is 22.4 Å². The number of amidine groups is 1. The average molecular weight is 438 g/mol. The van der Waals surface area contributed by atoms with Crippen molar-refractivity contribution in [3.63, 3.8) is 0 Å². The molecule has 2 aliphatic rings. The van der Waals surface area contributed by atoms with Gasteiger partial charge in [-0.2, -0.15) is 0 Å². The molecule has 6 heteroatoms. The molecule has 3 nitrogen and oxygen atoms in total. The maximum atomic E-state index is 6.00. The fourth-order valence-corrected chi connectivity index (χ4v) is 5.89. The Hall–Kier alpha value is -1.95. The summed E-state index contributed by atoms with van der Waals surface area (Å²) < 4.78 is 0. The number of hydrogen-bond donors (Lipinski definition) is 0. The molecule has 0 saturated carbocycles. The summed E-state index contributed by atoms with van der Waals surface area (Å²) in [5, 5.41) is 2.48. The van der Waals surface area contributed by atoms with E-state index in [1.807, 2.05) is 42.2 Å². The van der Waals surface area contributed by atoms with Gasteiger partial charge in [0.1, 0.15) is 6.04 Å². The molecule has 0 N–H and O–H groups in total. The van der Waals surface area contributed by atoms with Gasteiger partial charge in [0.2, 0.25) is 0 Å². The number of hydrogen-bond acceptors (Lipinski definition) is 5. The van der Waals surface area contributed by atoms with Gasteiger partial charge in [0.25, 0.3) is 0 Å². The van der Waals surface area contributed by atoms with Crippen LogP contribution in [0.15, 0.2) is 87.7 Å². The summed E-state index contributed by atoms with van der Waals surface area (Å²) in [5.74, 6) is 0. The molecule has 0 radical (unpaired) electrons. The van der Waals surface area contributed by atoms with Crippen molar-refractivity contribution in [2.75, 3.05) is 6.54 Å². The van der Waals surface area contributed by atoms with Gasteiger partial charge in [0, 0.05) is 32.8 Å². The Balaban J connectivity index is 1.42. The standard InChI is InChI=1S/C23H20ClN3S2/c1-15-14-27-22(21(26-23(27)28-15)20-4-2-3-13-25-20)16-5-9-18(10-6-16)29-19-11-7-17(24)8-12-19/h2-13,15,21-22H,14H2,1H3/t15-,21+,22+/m1/s1. The minimum atomic E-state index is 0.0426. The third kappa shape index (κ3) is 3.91. The van der Waals surface area contributed by atoms with Crippen LogP contribution in [0.2, 0.25) is 5.02 Å². The molecule has 2 aromatic carbocycles. The highest BCUT2D eigenvalue weighted by Crippen LogP contribution is 2.47. The topological polar surface area (TPSA) is 28.5 Å². The number of thioether (sulfide) groups is 1. The summed E-state index contributed by atoms with van der Waals surface area (Å²) in [5.41, 5.74) is 2.32.